The van der Waals surface area contributed by atoms with Crippen LogP contribution in [0.15, 0.2) is 14.8 Å². The molecule has 0 saturated heterocycles. The summed E-state index contributed by atoms with van der Waals surface area (Å²) in [6.45, 7) is 3.48. The van der Waals surface area contributed by atoms with E-state index in [1.807, 2.05) is 0 Å². The molecule has 0 saturated carbocycles. The van der Waals surface area contributed by atoms with E-state index in [0.717, 1.165) is 11.4 Å². The molecule has 96 valence electrons. The van der Waals surface area contributed by atoms with Crippen LogP contribution in [0.1, 0.15) is 13.8 Å². The van der Waals surface area contributed by atoms with Gasteiger partial charge in [0.2, 0.25) is 5.91 Å². The second kappa shape index (κ2) is 4.92. The number of carbonyl (C=O) groups excluding carboxylic acids is 1. The molecule has 1 aliphatic heterocycles. The van der Waals surface area contributed by atoms with Crippen molar-refractivity contribution in [3.05, 3.63) is 16.1 Å². The summed E-state index contributed by atoms with van der Waals surface area (Å²) in [5.74, 6) is -0.221. The van der Waals surface area contributed by atoms with Crippen LogP contribution in [0, 0.1) is 0 Å². The fraction of sp³-hybridized carbons (Fsp3) is 0.300. The highest BCUT2D eigenvalue weighted by Gasteiger charge is 2.27. The Kier molecular flexibility index (Phi) is 3.82. The van der Waals surface area contributed by atoms with Gasteiger partial charge in [0.1, 0.15) is 11.4 Å². The zero-order valence-electron chi connectivity index (χ0n) is 9.42. The predicted molar refractivity (Wildman–Crippen MR) is 79.6 cm³/mol. The molecule has 1 heterocycles. The van der Waals surface area contributed by atoms with Crippen LogP contribution < -0.4 is 5.32 Å². The van der Waals surface area contributed by atoms with E-state index in [2.05, 4.69) is 30.0 Å². The lowest BCUT2D eigenvalue weighted by Crippen LogP contribution is -2.31. The number of halogens is 3. The van der Waals surface area contributed by atoms with Crippen molar-refractivity contribution in [3.8, 4) is 0 Å². The summed E-state index contributed by atoms with van der Waals surface area (Å²) >= 11 is 16.4. The van der Waals surface area contributed by atoms with Crippen LogP contribution in [0.4, 0.5) is 17.1 Å². The third-order valence-electron chi connectivity index (χ3n) is 2.22. The number of alkyl halides is 1. The van der Waals surface area contributed by atoms with Crippen LogP contribution in [0.2, 0.25) is 10.0 Å². The molecule has 1 amide bonds. The van der Waals surface area contributed by atoms with Gasteiger partial charge in [0.15, 0.2) is 0 Å². The summed E-state index contributed by atoms with van der Waals surface area (Å²) in [5, 5.41) is 3.49. The molecule has 0 spiro atoms. The normalized spacial score (nSPS) is 13.2. The van der Waals surface area contributed by atoms with Gasteiger partial charge in [-0.1, -0.05) is 39.1 Å². The lowest BCUT2D eigenvalue weighted by molar-refractivity contribution is -0.117. The Morgan fingerprint density at radius 2 is 1.94 bits per heavy atom. The molecule has 2 rings (SSSR count). The Morgan fingerprint density at radius 3 is 2.56 bits per heavy atom. The molecule has 1 aromatic carbocycles. The van der Waals surface area contributed by atoms with Gasteiger partial charge in [0.05, 0.1) is 31.4 Å². The third kappa shape index (κ3) is 2.61. The summed E-state index contributed by atoms with van der Waals surface area (Å²) in [5.41, 5.74) is 1.47. The van der Waals surface area contributed by atoms with Gasteiger partial charge < -0.3 is 5.32 Å². The van der Waals surface area contributed by atoms with Gasteiger partial charge in [-0.2, -0.15) is 8.73 Å². The van der Waals surface area contributed by atoms with E-state index < -0.39 is 4.32 Å². The van der Waals surface area contributed by atoms with E-state index in [4.69, 9.17) is 23.2 Å². The van der Waals surface area contributed by atoms with Crippen molar-refractivity contribution in [1.29, 1.82) is 0 Å². The van der Waals surface area contributed by atoms with Gasteiger partial charge in [-0.3, -0.25) is 4.79 Å². The second-order valence-corrected chi connectivity index (χ2v) is 7.43. The molecule has 0 aliphatic carbocycles. The Balaban J connectivity index is 2.45. The average Bonchev–Trinajstić information content (AvgIpc) is 2.71. The maximum Gasteiger partial charge on any atom is 0.240 e. The van der Waals surface area contributed by atoms with Crippen molar-refractivity contribution >= 4 is 73.5 Å². The van der Waals surface area contributed by atoms with E-state index in [1.54, 1.807) is 19.9 Å². The summed E-state index contributed by atoms with van der Waals surface area (Å²) in [6.07, 6.45) is 0. The van der Waals surface area contributed by atoms with Crippen LogP contribution >= 0.6 is 39.1 Å². The number of hydrogen-bond donors (Lipinski definition) is 1. The van der Waals surface area contributed by atoms with Crippen molar-refractivity contribution < 1.29 is 4.79 Å². The molecular formula is C10H8BrCl2N3OS. The Morgan fingerprint density at radius 1 is 1.33 bits per heavy atom. The topological polar surface area (TPSA) is 53.8 Å². The minimum atomic E-state index is -0.703. The van der Waals surface area contributed by atoms with Crippen molar-refractivity contribution in [2.45, 2.75) is 18.2 Å². The van der Waals surface area contributed by atoms with Crippen LogP contribution in [-0.4, -0.2) is 10.2 Å². The largest absolute Gasteiger partial charge is 0.322 e. The highest BCUT2D eigenvalue weighted by atomic mass is 79.9. The number of benzene rings is 1. The molecule has 18 heavy (non-hydrogen) atoms. The second-order valence-electron chi connectivity index (χ2n) is 4.10. The molecule has 0 bridgehead atoms. The lowest BCUT2D eigenvalue weighted by Gasteiger charge is -2.17. The first-order valence-corrected chi connectivity index (χ1v) is 7.19. The molecule has 0 unspecified atom stereocenters. The Hall–Kier alpha value is -0.430. The number of fused-ring (bicyclic) bond motifs is 1. The number of nitrogens with zero attached hydrogens (tertiary/aromatic N) is 2. The monoisotopic (exact) mass is 367 g/mol. The lowest BCUT2D eigenvalue weighted by atomic mass is 10.1. The molecule has 1 N–H and O–H groups in total. The molecule has 0 fully saturated rings. The molecular weight excluding hydrogens is 361 g/mol. The highest BCUT2D eigenvalue weighted by Crippen LogP contribution is 2.47. The number of carbonyl (C=O) groups is 1. The van der Waals surface area contributed by atoms with Crippen LogP contribution in [0.25, 0.3) is 0 Å². The molecule has 0 aromatic heterocycles. The summed E-state index contributed by atoms with van der Waals surface area (Å²) < 4.78 is 7.47. The van der Waals surface area contributed by atoms with Gasteiger partial charge in [-0.25, -0.2) is 0 Å². The van der Waals surface area contributed by atoms with Crippen molar-refractivity contribution in [3.63, 3.8) is 0 Å². The fourth-order valence-corrected chi connectivity index (χ4v) is 2.51. The van der Waals surface area contributed by atoms with Gasteiger partial charge in [-0.05, 0) is 19.9 Å². The van der Waals surface area contributed by atoms with Gasteiger partial charge >= 0.3 is 0 Å². The Bertz CT molecular complexity index is 606. The third-order valence-corrected chi connectivity index (χ3v) is 3.70. The van der Waals surface area contributed by atoms with Crippen molar-refractivity contribution in [2.24, 2.45) is 8.73 Å². The van der Waals surface area contributed by atoms with Crippen LogP contribution in [0.3, 0.4) is 0 Å². The Labute approximate surface area is 126 Å². The van der Waals surface area contributed by atoms with Crippen LogP contribution in [0.5, 0.6) is 0 Å². The summed E-state index contributed by atoms with van der Waals surface area (Å²) in [6, 6.07) is 1.55. The first-order chi connectivity index (χ1) is 8.30. The molecule has 1 aliphatic rings. The van der Waals surface area contributed by atoms with E-state index >= 15 is 0 Å². The van der Waals surface area contributed by atoms with Gasteiger partial charge in [0, 0.05) is 0 Å². The fourth-order valence-electron chi connectivity index (χ4n) is 1.26. The number of nitrogens with one attached hydrogen (secondary N) is 1. The molecule has 0 radical (unpaired) electrons. The maximum atomic E-state index is 11.9. The molecule has 1 aromatic rings. The first kappa shape index (κ1) is 14.0. The quantitative estimate of drug-likeness (QED) is 0.758. The summed E-state index contributed by atoms with van der Waals surface area (Å²) in [7, 11) is 0. The minimum Gasteiger partial charge on any atom is -0.322 e. The maximum absolute atomic E-state index is 11.9. The molecule has 0 atom stereocenters. The van der Waals surface area contributed by atoms with E-state index in [9.17, 15) is 4.79 Å². The first-order valence-electron chi connectivity index (χ1n) is 4.91. The van der Waals surface area contributed by atoms with E-state index in [-0.39, 0.29) is 5.91 Å². The molecule has 4 nitrogen and oxygen atoms in total. The SMILES string of the molecule is CC(C)(Br)C(=O)Nc1c(Cl)cc(Cl)c2c1N=S=N2. The number of hydrogen-bond acceptors (Lipinski definition) is 3. The van der Waals surface area contributed by atoms with Crippen molar-refractivity contribution in [2.75, 3.05) is 5.32 Å². The number of amides is 1. The summed E-state index contributed by atoms with van der Waals surface area (Å²) in [4.78, 5) is 11.9. The highest BCUT2D eigenvalue weighted by molar-refractivity contribution is 9.10. The zero-order chi connectivity index (χ0) is 13.5. The standard InChI is InChI=1S/C10H8BrCl2N3OS/c1-10(2,11)9(17)14-6-4(12)3-5(13)7-8(6)16-18-15-7/h3H,1-2H3,(H,14,17). The van der Waals surface area contributed by atoms with Gasteiger partial charge in [0.25, 0.3) is 0 Å². The number of rotatable bonds is 2. The zero-order valence-corrected chi connectivity index (χ0v) is 13.3. The van der Waals surface area contributed by atoms with E-state index in [0.29, 0.717) is 27.1 Å². The number of anilines is 1. The smallest absolute Gasteiger partial charge is 0.240 e. The average molecular weight is 369 g/mol. The van der Waals surface area contributed by atoms with Crippen LogP contribution in [-0.2, 0) is 16.1 Å². The van der Waals surface area contributed by atoms with E-state index in [1.165, 1.54) is 0 Å². The minimum absolute atomic E-state index is 0.221. The molecule has 8 heteroatoms. The van der Waals surface area contributed by atoms with Crippen molar-refractivity contribution in [1.82, 2.24) is 0 Å². The van der Waals surface area contributed by atoms with Gasteiger partial charge in [-0.15, -0.1) is 0 Å². The predicted octanol–water partition coefficient (Wildman–Crippen LogP) is 4.83.